The number of nitrogens with zero attached hydrogens (tertiary/aromatic N) is 1. The Kier molecular flexibility index (Phi) is 6.34. The minimum atomic E-state index is -0.237. The minimum Gasteiger partial charge on any atom is -0.508 e. The van der Waals surface area contributed by atoms with Gasteiger partial charge in [0.05, 0.1) is 0 Å². The first kappa shape index (κ1) is 22.5. The van der Waals surface area contributed by atoms with Crippen LogP contribution in [0, 0.1) is 5.92 Å². The number of rotatable bonds is 6. The van der Waals surface area contributed by atoms with Gasteiger partial charge in [0.15, 0.2) is 0 Å². The van der Waals surface area contributed by atoms with Crippen LogP contribution in [0.1, 0.15) is 50.0 Å². The Labute approximate surface area is 202 Å². The van der Waals surface area contributed by atoms with Crippen LogP contribution < -0.4 is 9.47 Å². The molecule has 1 saturated heterocycles. The predicted molar refractivity (Wildman–Crippen MR) is 137 cm³/mol. The fraction of sp³-hybridized carbons (Fsp3) is 0.333. The van der Waals surface area contributed by atoms with E-state index in [0.717, 1.165) is 58.3 Å². The molecule has 1 fully saturated rings. The zero-order chi connectivity index (χ0) is 23.7. The summed E-state index contributed by atoms with van der Waals surface area (Å²) in [6.45, 7) is 9.69. The largest absolute Gasteiger partial charge is 0.508 e. The van der Waals surface area contributed by atoms with Crippen LogP contribution in [-0.2, 0) is 0 Å². The normalized spacial score (nSPS) is 21.1. The van der Waals surface area contributed by atoms with Crippen molar-refractivity contribution >= 4 is 11.1 Å². The molecule has 2 aliphatic heterocycles. The van der Waals surface area contributed by atoms with Gasteiger partial charge in [0.1, 0.15) is 30.0 Å². The van der Waals surface area contributed by atoms with E-state index >= 15 is 0 Å². The zero-order valence-electron chi connectivity index (χ0n) is 20.2. The number of benzene rings is 3. The van der Waals surface area contributed by atoms with Crippen LogP contribution in [0.2, 0.25) is 0 Å². The summed E-state index contributed by atoms with van der Waals surface area (Å²) in [6.07, 6.45) is 1.04. The first-order chi connectivity index (χ1) is 16.5. The summed E-state index contributed by atoms with van der Waals surface area (Å²) in [5.74, 6) is 2.69. The van der Waals surface area contributed by atoms with E-state index in [1.54, 1.807) is 12.1 Å². The molecule has 3 atom stereocenters. The van der Waals surface area contributed by atoms with Gasteiger partial charge in [-0.25, -0.2) is 0 Å². The van der Waals surface area contributed by atoms with E-state index in [2.05, 4.69) is 49.9 Å². The Morgan fingerprint density at radius 3 is 2.53 bits per heavy atom. The first-order valence-corrected chi connectivity index (χ1v) is 12.2. The Hall–Kier alpha value is -3.24. The lowest BCUT2D eigenvalue weighted by Gasteiger charge is -2.31. The van der Waals surface area contributed by atoms with Crippen molar-refractivity contribution in [3.8, 4) is 17.2 Å². The molecule has 0 amide bonds. The predicted octanol–water partition coefficient (Wildman–Crippen LogP) is 6.57. The quantitative estimate of drug-likeness (QED) is 0.457. The molecule has 3 aromatic rings. The van der Waals surface area contributed by atoms with Gasteiger partial charge in [0, 0.05) is 23.7 Å². The highest BCUT2D eigenvalue weighted by Crippen LogP contribution is 2.47. The second-order valence-electron chi connectivity index (χ2n) is 9.70. The molecule has 34 heavy (non-hydrogen) atoms. The molecule has 2 aliphatic rings. The number of allylic oxidation sites excluding steroid dienone is 1. The summed E-state index contributed by atoms with van der Waals surface area (Å²) in [7, 11) is 0. The average Bonchev–Trinajstić information content (AvgIpc) is 3.30. The number of hydrogen-bond acceptors (Lipinski definition) is 4. The molecule has 4 heteroatoms. The van der Waals surface area contributed by atoms with E-state index in [1.807, 2.05) is 36.4 Å². The summed E-state index contributed by atoms with van der Waals surface area (Å²) in [4.78, 5) is 2.52. The number of ether oxygens (including phenoxy) is 2. The van der Waals surface area contributed by atoms with Crippen molar-refractivity contribution in [3.63, 3.8) is 0 Å². The van der Waals surface area contributed by atoms with E-state index in [-0.39, 0.29) is 11.9 Å². The van der Waals surface area contributed by atoms with Crippen molar-refractivity contribution in [1.29, 1.82) is 0 Å². The van der Waals surface area contributed by atoms with Crippen LogP contribution in [0.5, 0.6) is 17.2 Å². The highest BCUT2D eigenvalue weighted by Gasteiger charge is 2.29. The minimum absolute atomic E-state index is 0.237. The molecule has 0 radical (unpaired) electrons. The van der Waals surface area contributed by atoms with Crippen LogP contribution in [0.25, 0.3) is 11.1 Å². The average molecular weight is 456 g/mol. The van der Waals surface area contributed by atoms with Gasteiger partial charge in [-0.2, -0.15) is 0 Å². The summed E-state index contributed by atoms with van der Waals surface area (Å²) in [5.41, 5.74) is 5.35. The van der Waals surface area contributed by atoms with Crippen molar-refractivity contribution in [3.05, 3.63) is 89.5 Å². The van der Waals surface area contributed by atoms with Crippen molar-refractivity contribution < 1.29 is 14.6 Å². The summed E-state index contributed by atoms with van der Waals surface area (Å²) < 4.78 is 12.6. The Morgan fingerprint density at radius 1 is 1.06 bits per heavy atom. The molecule has 4 nitrogen and oxygen atoms in total. The zero-order valence-corrected chi connectivity index (χ0v) is 20.2. The van der Waals surface area contributed by atoms with Crippen molar-refractivity contribution in [2.45, 2.75) is 39.3 Å². The second-order valence-corrected chi connectivity index (χ2v) is 9.70. The van der Waals surface area contributed by atoms with Crippen LogP contribution in [0.4, 0.5) is 0 Å². The molecule has 3 unspecified atom stereocenters. The molecule has 5 rings (SSSR count). The monoisotopic (exact) mass is 455 g/mol. The lowest BCUT2D eigenvalue weighted by molar-refractivity contribution is 0.169. The fourth-order valence-electron chi connectivity index (χ4n) is 5.09. The third kappa shape index (κ3) is 4.55. The SMILES string of the molecule is CC1=C(c2ccccc2)C(c2ccc(OCC(C)N3CCC(C)C3)cc2)Oc2ccc(O)cc21. The highest BCUT2D eigenvalue weighted by molar-refractivity contribution is 5.95. The Morgan fingerprint density at radius 2 is 1.82 bits per heavy atom. The molecule has 0 spiro atoms. The Balaban J connectivity index is 1.39. The van der Waals surface area contributed by atoms with Gasteiger partial charge in [-0.15, -0.1) is 0 Å². The van der Waals surface area contributed by atoms with Gasteiger partial charge in [-0.05, 0) is 79.8 Å². The lowest BCUT2D eigenvalue weighted by atomic mass is 9.86. The van der Waals surface area contributed by atoms with Gasteiger partial charge >= 0.3 is 0 Å². The maximum absolute atomic E-state index is 10.1. The Bertz CT molecular complexity index is 1170. The second kappa shape index (κ2) is 9.55. The molecular formula is C30H33NO3. The topological polar surface area (TPSA) is 41.9 Å². The van der Waals surface area contributed by atoms with E-state index in [4.69, 9.17) is 9.47 Å². The van der Waals surface area contributed by atoms with Crippen molar-refractivity contribution in [1.82, 2.24) is 4.90 Å². The summed E-state index contributed by atoms with van der Waals surface area (Å²) >= 11 is 0. The van der Waals surface area contributed by atoms with Crippen LogP contribution in [-0.4, -0.2) is 35.7 Å². The number of aromatic hydroxyl groups is 1. The molecule has 0 bridgehead atoms. The number of likely N-dealkylation sites (tertiary alicyclic amines) is 1. The van der Waals surface area contributed by atoms with Gasteiger partial charge in [0.2, 0.25) is 0 Å². The van der Waals surface area contributed by atoms with Crippen LogP contribution >= 0.6 is 0 Å². The number of phenolic OH excluding ortho intramolecular Hbond substituents is 1. The first-order valence-electron chi connectivity index (χ1n) is 12.2. The maximum atomic E-state index is 10.1. The third-order valence-electron chi connectivity index (χ3n) is 7.12. The molecular weight excluding hydrogens is 422 g/mol. The van der Waals surface area contributed by atoms with Gasteiger partial charge in [-0.3, -0.25) is 4.90 Å². The molecule has 1 N–H and O–H groups in total. The smallest absolute Gasteiger partial charge is 0.150 e. The van der Waals surface area contributed by atoms with Crippen molar-refractivity contribution in [2.24, 2.45) is 5.92 Å². The van der Waals surface area contributed by atoms with E-state index in [1.165, 1.54) is 6.42 Å². The molecule has 3 aromatic carbocycles. The maximum Gasteiger partial charge on any atom is 0.150 e. The van der Waals surface area contributed by atoms with Gasteiger partial charge in [0.25, 0.3) is 0 Å². The van der Waals surface area contributed by atoms with E-state index in [0.29, 0.717) is 12.6 Å². The molecule has 0 aromatic heterocycles. The summed E-state index contributed by atoms with van der Waals surface area (Å²) in [5, 5.41) is 10.1. The number of hydrogen-bond donors (Lipinski definition) is 1. The molecule has 0 aliphatic carbocycles. The van der Waals surface area contributed by atoms with E-state index < -0.39 is 0 Å². The highest BCUT2D eigenvalue weighted by atomic mass is 16.5. The van der Waals surface area contributed by atoms with Crippen LogP contribution in [0.3, 0.4) is 0 Å². The summed E-state index contributed by atoms with van der Waals surface area (Å²) in [6, 6.07) is 24.3. The standard InChI is InChI=1S/C30H33NO3/c1-20-15-16-31(18-20)21(2)19-33-26-12-9-24(10-13-26)30-29(23-7-5-4-6-8-23)22(3)27-17-25(32)11-14-28(27)34-30/h4-14,17,20-21,30,32H,15-16,18-19H2,1-3H3. The molecule has 0 saturated carbocycles. The number of phenols is 1. The fourth-order valence-corrected chi connectivity index (χ4v) is 5.09. The van der Waals surface area contributed by atoms with E-state index in [9.17, 15) is 5.11 Å². The molecule has 2 heterocycles. The van der Waals surface area contributed by atoms with Crippen LogP contribution in [0.15, 0.2) is 72.8 Å². The third-order valence-corrected chi connectivity index (χ3v) is 7.12. The van der Waals surface area contributed by atoms with Gasteiger partial charge < -0.3 is 14.6 Å². The lowest BCUT2D eigenvalue weighted by Crippen LogP contribution is -2.35. The number of fused-ring (bicyclic) bond motifs is 1. The van der Waals surface area contributed by atoms with Gasteiger partial charge in [-0.1, -0.05) is 49.4 Å². The molecule has 176 valence electrons. The van der Waals surface area contributed by atoms with Crippen molar-refractivity contribution in [2.75, 3.05) is 19.7 Å².